The van der Waals surface area contributed by atoms with Gasteiger partial charge in [-0.05, 0) is 17.9 Å². The lowest BCUT2D eigenvalue weighted by Crippen LogP contribution is -2.29. The van der Waals surface area contributed by atoms with Gasteiger partial charge in [-0.3, -0.25) is 4.79 Å². The fourth-order valence-electron chi connectivity index (χ4n) is 1.71. The van der Waals surface area contributed by atoms with Crippen LogP contribution in [0, 0.1) is 5.92 Å². The van der Waals surface area contributed by atoms with E-state index in [1.807, 2.05) is 30.3 Å². The molecule has 0 aliphatic carbocycles. The molecule has 0 saturated heterocycles. The largest absolute Gasteiger partial charge is 0.384 e. The Labute approximate surface area is 126 Å². The van der Waals surface area contributed by atoms with Crippen LogP contribution >= 0.6 is 0 Å². The molecule has 0 fully saturated rings. The molecule has 21 heavy (non-hydrogen) atoms. The Bertz CT molecular complexity index is 458. The maximum absolute atomic E-state index is 11.9. The minimum atomic E-state index is -0.126. The van der Waals surface area contributed by atoms with Crippen LogP contribution in [0.15, 0.2) is 35.5 Å². The van der Waals surface area contributed by atoms with E-state index in [1.54, 1.807) is 11.9 Å². The van der Waals surface area contributed by atoms with Crippen LogP contribution in [0.4, 0.5) is 0 Å². The van der Waals surface area contributed by atoms with E-state index in [9.17, 15) is 4.79 Å². The van der Waals surface area contributed by atoms with Crippen molar-refractivity contribution in [3.63, 3.8) is 0 Å². The van der Waals surface area contributed by atoms with Crippen LogP contribution in [0.5, 0.6) is 0 Å². The summed E-state index contributed by atoms with van der Waals surface area (Å²) in [5.74, 6) is 0.874. The molecule has 5 nitrogen and oxygen atoms in total. The fraction of sp³-hybridized carbons (Fsp3) is 0.500. The first-order valence-electron chi connectivity index (χ1n) is 7.21. The van der Waals surface area contributed by atoms with Gasteiger partial charge in [-0.15, -0.1) is 0 Å². The van der Waals surface area contributed by atoms with Crippen LogP contribution in [0.3, 0.4) is 0 Å². The molecule has 0 radical (unpaired) electrons. The van der Waals surface area contributed by atoms with E-state index in [1.165, 1.54) is 0 Å². The molecule has 0 aliphatic heterocycles. The molecule has 0 saturated carbocycles. The van der Waals surface area contributed by atoms with Crippen molar-refractivity contribution in [1.82, 2.24) is 4.90 Å². The highest BCUT2D eigenvalue weighted by atomic mass is 16.6. The molecule has 116 valence electrons. The summed E-state index contributed by atoms with van der Waals surface area (Å²) >= 11 is 0. The Balaban J connectivity index is 2.31. The number of hydrogen-bond donors (Lipinski definition) is 1. The highest BCUT2D eigenvalue weighted by Crippen LogP contribution is 2.04. The third-order valence-corrected chi connectivity index (χ3v) is 3.04. The zero-order valence-electron chi connectivity index (χ0n) is 13.1. The Morgan fingerprint density at radius 2 is 2.00 bits per heavy atom. The van der Waals surface area contributed by atoms with Gasteiger partial charge in [-0.1, -0.05) is 49.3 Å². The second-order valence-electron chi connectivity index (χ2n) is 5.52. The quantitative estimate of drug-likeness (QED) is 0.454. The van der Waals surface area contributed by atoms with Crippen LogP contribution in [-0.4, -0.2) is 30.3 Å². The number of nitrogens with zero attached hydrogens (tertiary/aromatic N) is 2. The smallest absolute Gasteiger partial charge is 0.263 e. The van der Waals surface area contributed by atoms with E-state index in [0.29, 0.717) is 24.7 Å². The Kier molecular flexibility index (Phi) is 7.29. The second kappa shape index (κ2) is 9.00. The van der Waals surface area contributed by atoms with Crippen molar-refractivity contribution in [1.29, 1.82) is 0 Å². The molecule has 5 heteroatoms. The van der Waals surface area contributed by atoms with Crippen molar-refractivity contribution in [2.24, 2.45) is 16.8 Å². The molecule has 0 unspecified atom stereocenters. The minimum Gasteiger partial charge on any atom is -0.384 e. The first-order valence-corrected chi connectivity index (χ1v) is 7.21. The van der Waals surface area contributed by atoms with Gasteiger partial charge in [0.25, 0.3) is 5.91 Å². The third kappa shape index (κ3) is 7.34. The first-order chi connectivity index (χ1) is 9.99. The number of carbonyl (C=O) groups is 1. The number of nitrogens with two attached hydrogens (primary N) is 1. The van der Waals surface area contributed by atoms with Gasteiger partial charge in [0.05, 0.1) is 0 Å². The van der Waals surface area contributed by atoms with E-state index in [0.717, 1.165) is 12.0 Å². The molecule has 2 N–H and O–H groups in total. The van der Waals surface area contributed by atoms with Gasteiger partial charge < -0.3 is 15.5 Å². The van der Waals surface area contributed by atoms with E-state index < -0.39 is 0 Å². The van der Waals surface area contributed by atoms with Gasteiger partial charge in [0.15, 0.2) is 6.61 Å². The number of rotatable bonds is 8. The minimum absolute atomic E-state index is 0.0916. The van der Waals surface area contributed by atoms with Crippen molar-refractivity contribution < 1.29 is 9.63 Å². The Morgan fingerprint density at radius 1 is 1.33 bits per heavy atom. The summed E-state index contributed by atoms with van der Waals surface area (Å²) in [6.45, 7) is 4.70. The summed E-state index contributed by atoms with van der Waals surface area (Å²) in [7, 11) is 1.74. The maximum atomic E-state index is 11.9. The van der Waals surface area contributed by atoms with E-state index in [4.69, 9.17) is 10.6 Å². The molecular weight excluding hydrogens is 266 g/mol. The molecule has 0 bridgehead atoms. The number of likely N-dealkylation sites (N-methyl/N-ethyl adjacent to an activating group) is 1. The van der Waals surface area contributed by atoms with Gasteiger partial charge in [0.1, 0.15) is 5.84 Å². The van der Waals surface area contributed by atoms with Crippen LogP contribution in [-0.2, 0) is 16.2 Å². The normalized spacial score (nSPS) is 11.5. The van der Waals surface area contributed by atoms with Gasteiger partial charge in [0.2, 0.25) is 0 Å². The summed E-state index contributed by atoms with van der Waals surface area (Å²) in [6.07, 6.45) is 1.65. The lowest BCUT2D eigenvalue weighted by Gasteiger charge is -2.16. The van der Waals surface area contributed by atoms with Gasteiger partial charge in [0, 0.05) is 20.0 Å². The van der Waals surface area contributed by atoms with Crippen LogP contribution < -0.4 is 5.73 Å². The van der Waals surface area contributed by atoms with Crippen molar-refractivity contribution in [2.45, 2.75) is 33.2 Å². The second-order valence-corrected chi connectivity index (χ2v) is 5.52. The fourth-order valence-corrected chi connectivity index (χ4v) is 1.71. The summed E-state index contributed by atoms with van der Waals surface area (Å²) < 4.78 is 0. The number of benzene rings is 1. The monoisotopic (exact) mass is 291 g/mol. The predicted octanol–water partition coefficient (Wildman–Crippen LogP) is 2.37. The van der Waals surface area contributed by atoms with Gasteiger partial charge in [-0.25, -0.2) is 0 Å². The van der Waals surface area contributed by atoms with Crippen LogP contribution in [0.25, 0.3) is 0 Å². The van der Waals surface area contributed by atoms with Crippen molar-refractivity contribution in [3.8, 4) is 0 Å². The van der Waals surface area contributed by atoms with Gasteiger partial charge in [-0.2, -0.15) is 0 Å². The molecule has 1 amide bonds. The molecule has 0 aliphatic rings. The SMILES string of the molecule is CC(C)CC/C(N)=N/OCC(=O)N(C)Cc1ccccc1. The lowest BCUT2D eigenvalue weighted by atomic mass is 10.1. The molecule has 0 atom stereocenters. The first kappa shape index (κ1) is 17.0. The van der Waals surface area contributed by atoms with E-state index in [-0.39, 0.29) is 12.5 Å². The van der Waals surface area contributed by atoms with Crippen LogP contribution in [0.2, 0.25) is 0 Å². The molecule has 0 heterocycles. The average molecular weight is 291 g/mol. The molecule has 1 aromatic carbocycles. The lowest BCUT2D eigenvalue weighted by molar-refractivity contribution is -0.135. The molecule has 0 spiro atoms. The molecule has 0 aromatic heterocycles. The highest BCUT2D eigenvalue weighted by Gasteiger charge is 2.09. The average Bonchev–Trinajstić information content (AvgIpc) is 2.46. The zero-order valence-corrected chi connectivity index (χ0v) is 13.1. The summed E-state index contributed by atoms with van der Waals surface area (Å²) in [5.41, 5.74) is 6.79. The van der Waals surface area contributed by atoms with Crippen molar-refractivity contribution in [3.05, 3.63) is 35.9 Å². The number of oxime groups is 1. The number of carbonyl (C=O) groups excluding carboxylic acids is 1. The number of amides is 1. The van der Waals surface area contributed by atoms with Gasteiger partial charge >= 0.3 is 0 Å². The topological polar surface area (TPSA) is 67.9 Å². The number of amidine groups is 1. The standard InChI is InChI=1S/C16H25N3O2/c1-13(2)9-10-15(17)18-21-12-16(20)19(3)11-14-7-5-4-6-8-14/h4-8,13H,9-12H2,1-3H3,(H2,17,18). The zero-order chi connectivity index (χ0) is 15.7. The third-order valence-electron chi connectivity index (χ3n) is 3.04. The number of hydrogen-bond acceptors (Lipinski definition) is 3. The molecular formula is C16H25N3O2. The molecule has 1 aromatic rings. The molecule has 1 rings (SSSR count). The maximum Gasteiger partial charge on any atom is 0.263 e. The predicted molar refractivity (Wildman–Crippen MR) is 84.6 cm³/mol. The van der Waals surface area contributed by atoms with Crippen molar-refractivity contribution in [2.75, 3.05) is 13.7 Å². The van der Waals surface area contributed by atoms with Crippen molar-refractivity contribution >= 4 is 11.7 Å². The summed E-state index contributed by atoms with van der Waals surface area (Å²) in [5, 5.41) is 3.77. The van der Waals surface area contributed by atoms with E-state index >= 15 is 0 Å². The highest BCUT2D eigenvalue weighted by molar-refractivity contribution is 5.80. The summed E-state index contributed by atoms with van der Waals surface area (Å²) in [4.78, 5) is 18.5. The summed E-state index contributed by atoms with van der Waals surface area (Å²) in [6, 6.07) is 9.80. The Morgan fingerprint density at radius 3 is 2.62 bits per heavy atom. The Hall–Kier alpha value is -2.04. The van der Waals surface area contributed by atoms with E-state index in [2.05, 4.69) is 19.0 Å². The van der Waals surface area contributed by atoms with Crippen LogP contribution in [0.1, 0.15) is 32.3 Å².